The van der Waals surface area contributed by atoms with E-state index in [2.05, 4.69) is 15.3 Å². The van der Waals surface area contributed by atoms with Crippen molar-refractivity contribution >= 4 is 5.69 Å². The number of halogens is 1. The zero-order chi connectivity index (χ0) is 13.8. The van der Waals surface area contributed by atoms with E-state index in [0.717, 1.165) is 23.4 Å². The average Bonchev–Trinajstić information content (AvgIpc) is 2.75. The molecule has 0 atom stereocenters. The Kier molecular flexibility index (Phi) is 4.16. The highest BCUT2D eigenvalue weighted by molar-refractivity contribution is 5.53. The molecule has 0 bridgehead atoms. The molecule has 1 aromatic carbocycles. The van der Waals surface area contributed by atoms with E-state index in [0.29, 0.717) is 6.54 Å². The summed E-state index contributed by atoms with van der Waals surface area (Å²) in [5, 5.41) is 7.22. The summed E-state index contributed by atoms with van der Waals surface area (Å²) in [6.45, 7) is 1.39. The summed E-state index contributed by atoms with van der Waals surface area (Å²) in [5.41, 5.74) is 3.11. The molecular formula is C14H19FN4. The van der Waals surface area contributed by atoms with Crippen LogP contribution in [0, 0.1) is 5.82 Å². The Balaban J connectivity index is 2.20. The van der Waals surface area contributed by atoms with Crippen molar-refractivity contribution < 1.29 is 4.39 Å². The topological polar surface area (TPSA) is 33.1 Å². The Morgan fingerprint density at radius 2 is 2.21 bits per heavy atom. The van der Waals surface area contributed by atoms with Gasteiger partial charge in [0.15, 0.2) is 0 Å². The van der Waals surface area contributed by atoms with Gasteiger partial charge in [-0.3, -0.25) is 4.68 Å². The molecule has 1 aromatic heterocycles. The van der Waals surface area contributed by atoms with Gasteiger partial charge in [-0.05, 0) is 30.8 Å². The van der Waals surface area contributed by atoms with Crippen LogP contribution in [0.1, 0.15) is 11.1 Å². The first-order chi connectivity index (χ1) is 9.10. The Morgan fingerprint density at radius 1 is 1.42 bits per heavy atom. The van der Waals surface area contributed by atoms with Gasteiger partial charge in [0.1, 0.15) is 5.82 Å². The van der Waals surface area contributed by atoms with E-state index < -0.39 is 0 Å². The number of hydrogen-bond acceptors (Lipinski definition) is 3. The molecule has 0 amide bonds. The van der Waals surface area contributed by atoms with Gasteiger partial charge in [-0.15, -0.1) is 0 Å². The van der Waals surface area contributed by atoms with Gasteiger partial charge >= 0.3 is 0 Å². The second-order valence-electron chi connectivity index (χ2n) is 4.68. The molecule has 0 aliphatic carbocycles. The Morgan fingerprint density at radius 3 is 2.84 bits per heavy atom. The van der Waals surface area contributed by atoms with Crippen molar-refractivity contribution in [3.05, 3.63) is 47.5 Å². The van der Waals surface area contributed by atoms with Crippen molar-refractivity contribution in [2.75, 3.05) is 19.0 Å². The summed E-state index contributed by atoms with van der Waals surface area (Å²) in [6, 6.07) is 4.89. The maximum absolute atomic E-state index is 13.3. The van der Waals surface area contributed by atoms with Crippen molar-refractivity contribution in [2.24, 2.45) is 7.05 Å². The maximum atomic E-state index is 13.3. The molecule has 2 rings (SSSR count). The number of aromatic nitrogens is 2. The van der Waals surface area contributed by atoms with Crippen molar-refractivity contribution in [1.29, 1.82) is 0 Å². The third-order valence-electron chi connectivity index (χ3n) is 3.00. The highest BCUT2D eigenvalue weighted by Crippen LogP contribution is 2.22. The minimum atomic E-state index is -0.205. The summed E-state index contributed by atoms with van der Waals surface area (Å²) in [4.78, 5) is 2.10. The van der Waals surface area contributed by atoms with Gasteiger partial charge in [0.25, 0.3) is 0 Å². The van der Waals surface area contributed by atoms with Crippen LogP contribution in [0.15, 0.2) is 30.6 Å². The Labute approximate surface area is 112 Å². The van der Waals surface area contributed by atoms with Crippen molar-refractivity contribution in [1.82, 2.24) is 15.1 Å². The lowest BCUT2D eigenvalue weighted by Gasteiger charge is -2.22. The van der Waals surface area contributed by atoms with Crippen molar-refractivity contribution in [2.45, 2.75) is 13.1 Å². The Bertz CT molecular complexity index is 550. The number of nitrogens with zero attached hydrogens (tertiary/aromatic N) is 3. The smallest absolute Gasteiger partial charge is 0.123 e. The summed E-state index contributed by atoms with van der Waals surface area (Å²) in [7, 11) is 5.75. The lowest BCUT2D eigenvalue weighted by Crippen LogP contribution is -2.19. The predicted octanol–water partition coefficient (Wildman–Crippen LogP) is 1.92. The highest BCUT2D eigenvalue weighted by Gasteiger charge is 2.09. The zero-order valence-corrected chi connectivity index (χ0v) is 11.5. The third kappa shape index (κ3) is 3.32. The molecule has 1 N–H and O–H groups in total. The SMILES string of the molecule is CNCc1cc(F)ccc1N(C)Cc1cnn(C)c1. The van der Waals surface area contributed by atoms with Crippen LogP contribution in [0.25, 0.3) is 0 Å². The molecule has 0 saturated carbocycles. The number of aryl methyl sites for hydroxylation is 1. The molecule has 0 aliphatic heterocycles. The fraction of sp³-hybridized carbons (Fsp3) is 0.357. The summed E-state index contributed by atoms with van der Waals surface area (Å²) in [5.74, 6) is -0.205. The fourth-order valence-corrected chi connectivity index (χ4v) is 2.17. The molecule has 19 heavy (non-hydrogen) atoms. The first-order valence-electron chi connectivity index (χ1n) is 6.22. The fourth-order valence-electron chi connectivity index (χ4n) is 2.17. The van der Waals surface area contributed by atoms with Gasteiger partial charge in [0.2, 0.25) is 0 Å². The van der Waals surface area contributed by atoms with Crippen molar-refractivity contribution in [3.8, 4) is 0 Å². The van der Waals surface area contributed by atoms with Crippen LogP contribution in [-0.2, 0) is 20.1 Å². The van der Waals surface area contributed by atoms with Crippen LogP contribution in [0.2, 0.25) is 0 Å². The molecule has 0 unspecified atom stereocenters. The van der Waals surface area contributed by atoms with Crippen LogP contribution >= 0.6 is 0 Å². The van der Waals surface area contributed by atoms with Gasteiger partial charge in [-0.1, -0.05) is 0 Å². The van der Waals surface area contributed by atoms with Crippen LogP contribution < -0.4 is 10.2 Å². The van der Waals surface area contributed by atoms with Gasteiger partial charge in [0.05, 0.1) is 6.20 Å². The van der Waals surface area contributed by atoms with E-state index in [4.69, 9.17) is 0 Å². The maximum Gasteiger partial charge on any atom is 0.123 e. The molecule has 2 aromatic rings. The number of hydrogen-bond donors (Lipinski definition) is 1. The normalized spacial score (nSPS) is 10.7. The standard InChI is InChI=1S/C14H19FN4/c1-16-8-12-6-13(15)4-5-14(12)18(2)9-11-7-17-19(3)10-11/h4-7,10,16H,8-9H2,1-3H3. The van der Waals surface area contributed by atoms with Gasteiger partial charge in [-0.25, -0.2) is 4.39 Å². The largest absolute Gasteiger partial charge is 0.370 e. The van der Waals surface area contributed by atoms with Crippen LogP contribution in [-0.4, -0.2) is 23.9 Å². The summed E-state index contributed by atoms with van der Waals surface area (Å²) < 4.78 is 15.1. The van der Waals surface area contributed by atoms with Gasteiger partial charge in [0, 0.05) is 44.6 Å². The zero-order valence-electron chi connectivity index (χ0n) is 11.5. The molecular weight excluding hydrogens is 243 g/mol. The number of nitrogens with one attached hydrogen (secondary N) is 1. The van der Waals surface area contributed by atoms with Gasteiger partial charge in [-0.2, -0.15) is 5.10 Å². The van der Waals surface area contributed by atoms with E-state index in [-0.39, 0.29) is 5.82 Å². The molecule has 102 valence electrons. The molecule has 0 radical (unpaired) electrons. The molecule has 4 nitrogen and oxygen atoms in total. The number of rotatable bonds is 5. The van der Waals surface area contributed by atoms with E-state index in [1.165, 1.54) is 6.07 Å². The van der Waals surface area contributed by atoms with Crippen LogP contribution in [0.4, 0.5) is 10.1 Å². The van der Waals surface area contributed by atoms with E-state index in [1.807, 2.05) is 39.6 Å². The van der Waals surface area contributed by atoms with E-state index in [1.54, 1.807) is 10.7 Å². The minimum Gasteiger partial charge on any atom is -0.370 e. The summed E-state index contributed by atoms with van der Waals surface area (Å²) in [6.07, 6.45) is 3.83. The monoisotopic (exact) mass is 262 g/mol. The first-order valence-corrected chi connectivity index (χ1v) is 6.22. The van der Waals surface area contributed by atoms with Crippen LogP contribution in [0.3, 0.4) is 0 Å². The van der Waals surface area contributed by atoms with Crippen molar-refractivity contribution in [3.63, 3.8) is 0 Å². The predicted molar refractivity (Wildman–Crippen MR) is 74.5 cm³/mol. The molecule has 0 fully saturated rings. The minimum absolute atomic E-state index is 0.205. The average molecular weight is 262 g/mol. The van der Waals surface area contributed by atoms with E-state index in [9.17, 15) is 4.39 Å². The molecule has 0 saturated heterocycles. The quantitative estimate of drug-likeness (QED) is 0.893. The van der Waals surface area contributed by atoms with Gasteiger partial charge < -0.3 is 10.2 Å². The van der Waals surface area contributed by atoms with E-state index >= 15 is 0 Å². The number of benzene rings is 1. The second kappa shape index (κ2) is 5.84. The molecule has 1 heterocycles. The highest BCUT2D eigenvalue weighted by atomic mass is 19.1. The summed E-state index contributed by atoms with van der Waals surface area (Å²) >= 11 is 0. The third-order valence-corrected chi connectivity index (χ3v) is 3.00. The Hall–Kier alpha value is -1.88. The molecule has 0 aliphatic rings. The lowest BCUT2D eigenvalue weighted by atomic mass is 10.1. The second-order valence-corrected chi connectivity index (χ2v) is 4.68. The molecule has 5 heteroatoms. The lowest BCUT2D eigenvalue weighted by molar-refractivity contribution is 0.623. The first kappa shape index (κ1) is 13.5. The molecule has 0 spiro atoms. The number of anilines is 1. The van der Waals surface area contributed by atoms with Crippen LogP contribution in [0.5, 0.6) is 0 Å².